The molecule has 0 aliphatic carbocycles. The Kier molecular flexibility index (Phi) is 8.15. The van der Waals surface area contributed by atoms with Crippen LogP contribution < -0.4 is 9.47 Å². The second-order valence-electron chi connectivity index (χ2n) is 8.28. The van der Waals surface area contributed by atoms with Gasteiger partial charge in [0.05, 0.1) is 0 Å². The maximum absolute atomic E-state index is 13.2. The minimum absolute atomic E-state index is 0.0364. The van der Waals surface area contributed by atoms with Gasteiger partial charge in [-0.1, -0.05) is 23.7 Å². The number of carboxylic acid groups (broad SMARTS) is 1. The van der Waals surface area contributed by atoms with E-state index in [2.05, 4.69) is 11.8 Å². The average Bonchev–Trinajstić information content (AvgIpc) is 2.76. The van der Waals surface area contributed by atoms with E-state index in [4.69, 9.17) is 26.2 Å². The van der Waals surface area contributed by atoms with Crippen molar-refractivity contribution in [2.45, 2.75) is 45.5 Å². The molecule has 178 valence electrons. The molecule has 0 saturated carbocycles. The predicted octanol–water partition coefficient (Wildman–Crippen LogP) is 3.83. The van der Waals surface area contributed by atoms with Crippen LogP contribution in [0.15, 0.2) is 42.5 Å². The first kappa shape index (κ1) is 24.8. The number of benzene rings is 2. The first-order valence-corrected chi connectivity index (χ1v) is 11.1. The number of carbonyl (C=O) groups excluding carboxylic acids is 1. The maximum Gasteiger partial charge on any atom is 0.344 e. The molecular weight excluding hydrogens is 451 g/mol. The first-order valence-electron chi connectivity index (χ1n) is 10.7. The number of hydrogen-bond donors (Lipinski definition) is 1. The highest BCUT2D eigenvalue weighted by Gasteiger charge is 2.32. The number of carboxylic acids is 1. The van der Waals surface area contributed by atoms with Gasteiger partial charge < -0.3 is 19.5 Å². The third-order valence-electron chi connectivity index (χ3n) is 5.64. The molecule has 0 radical (unpaired) electrons. The normalized spacial score (nSPS) is 19.7. The van der Waals surface area contributed by atoms with Crippen molar-refractivity contribution in [2.75, 3.05) is 19.7 Å². The van der Waals surface area contributed by atoms with Gasteiger partial charge in [0.1, 0.15) is 5.82 Å². The summed E-state index contributed by atoms with van der Waals surface area (Å²) in [5.41, 5.74) is 1.02. The van der Waals surface area contributed by atoms with E-state index in [1.807, 2.05) is 6.92 Å². The van der Waals surface area contributed by atoms with E-state index in [9.17, 15) is 14.0 Å². The average molecular weight is 479 g/mol. The Hall–Kier alpha value is -2.84. The Balaban J connectivity index is 1.60. The molecule has 1 fully saturated rings. The topological polar surface area (TPSA) is 79.3 Å². The molecule has 1 heterocycles. The number of nitrogens with zero attached hydrogens (tertiary/aromatic N) is 2. The molecule has 2 aromatic rings. The number of amides is 1. The van der Waals surface area contributed by atoms with Crippen molar-refractivity contribution >= 4 is 23.5 Å². The zero-order valence-corrected chi connectivity index (χ0v) is 19.6. The van der Waals surface area contributed by atoms with Crippen molar-refractivity contribution in [3.8, 4) is 11.5 Å². The summed E-state index contributed by atoms with van der Waals surface area (Å²) in [6, 6.07) is 11.1. The van der Waals surface area contributed by atoms with Gasteiger partial charge in [0.2, 0.25) is 0 Å². The molecule has 1 saturated heterocycles. The zero-order valence-electron chi connectivity index (χ0n) is 18.8. The summed E-state index contributed by atoms with van der Waals surface area (Å²) >= 11 is 6.00. The van der Waals surface area contributed by atoms with Crippen LogP contribution in [0.25, 0.3) is 0 Å². The molecule has 3 rings (SSSR count). The third-order valence-corrected chi connectivity index (χ3v) is 5.88. The highest BCUT2D eigenvalue weighted by molar-refractivity contribution is 6.30. The summed E-state index contributed by atoms with van der Waals surface area (Å²) in [7, 11) is 0. The van der Waals surface area contributed by atoms with Crippen molar-refractivity contribution in [2.24, 2.45) is 0 Å². The first-order chi connectivity index (χ1) is 15.6. The summed E-state index contributed by atoms with van der Waals surface area (Å²) < 4.78 is 24.3. The van der Waals surface area contributed by atoms with Gasteiger partial charge in [-0.3, -0.25) is 9.69 Å². The van der Waals surface area contributed by atoms with Crippen LogP contribution >= 0.6 is 11.6 Å². The van der Waals surface area contributed by atoms with Gasteiger partial charge in [-0.25, -0.2) is 9.18 Å². The van der Waals surface area contributed by atoms with Gasteiger partial charge in [-0.15, -0.1) is 0 Å². The van der Waals surface area contributed by atoms with Crippen LogP contribution in [0.3, 0.4) is 0 Å². The number of hydrogen-bond acceptors (Lipinski definition) is 5. The molecular formula is C24H28ClFN2O5. The lowest BCUT2D eigenvalue weighted by atomic mass is 10.1. The Bertz CT molecular complexity index is 987. The highest BCUT2D eigenvalue weighted by Crippen LogP contribution is 2.31. The number of ether oxygens (including phenoxy) is 2. The minimum Gasteiger partial charge on any atom is -0.480 e. The summed E-state index contributed by atoms with van der Waals surface area (Å²) in [5, 5.41) is 9.45. The standard InChI is InChI=1S/C24H28ClFN2O5/c1-15-12-28(16(2)11-27(15)13-18-4-7-20(26)8-5-18)23(29)14-32-21-9-6-19(25)10-22(21)33-17(3)24(30)31/h4-10,15-17H,11-14H2,1-3H3,(H,30,31)/t15-,16+,17?/m0/s1. The molecule has 1 unspecified atom stereocenters. The van der Waals surface area contributed by atoms with Gasteiger partial charge in [-0.05, 0) is 50.6 Å². The van der Waals surface area contributed by atoms with Crippen LogP contribution in [0.5, 0.6) is 11.5 Å². The van der Waals surface area contributed by atoms with E-state index in [-0.39, 0.29) is 41.9 Å². The molecule has 7 nitrogen and oxygen atoms in total. The molecule has 0 bridgehead atoms. The molecule has 3 atom stereocenters. The number of rotatable bonds is 8. The second kappa shape index (κ2) is 10.9. The monoisotopic (exact) mass is 478 g/mol. The molecule has 9 heteroatoms. The van der Waals surface area contributed by atoms with Crippen LogP contribution in [-0.2, 0) is 16.1 Å². The van der Waals surface area contributed by atoms with Crippen molar-refractivity contribution < 1.29 is 28.6 Å². The van der Waals surface area contributed by atoms with E-state index in [1.54, 1.807) is 29.2 Å². The lowest BCUT2D eigenvalue weighted by molar-refractivity contribution is -0.144. The fourth-order valence-electron chi connectivity index (χ4n) is 3.75. The molecule has 1 aliphatic heterocycles. The zero-order chi connectivity index (χ0) is 24.1. The Labute approximate surface area is 197 Å². The summed E-state index contributed by atoms with van der Waals surface area (Å²) in [6.45, 7) is 7.10. The van der Waals surface area contributed by atoms with Gasteiger partial charge in [0.25, 0.3) is 5.91 Å². The Morgan fingerprint density at radius 3 is 2.48 bits per heavy atom. The summed E-state index contributed by atoms with van der Waals surface area (Å²) in [5.74, 6) is -1.16. The van der Waals surface area contributed by atoms with E-state index in [1.165, 1.54) is 25.1 Å². The van der Waals surface area contributed by atoms with Crippen molar-refractivity contribution in [1.29, 1.82) is 0 Å². The lowest BCUT2D eigenvalue weighted by Gasteiger charge is -2.44. The van der Waals surface area contributed by atoms with Crippen LogP contribution in [0.1, 0.15) is 26.3 Å². The van der Waals surface area contributed by atoms with Gasteiger partial charge in [0.15, 0.2) is 24.2 Å². The SMILES string of the molecule is CC(Oc1cc(Cl)ccc1OCC(=O)N1C[C@H](C)N(Cc2ccc(F)cc2)C[C@H]1C)C(=O)O. The van der Waals surface area contributed by atoms with E-state index in [0.717, 1.165) is 5.56 Å². The Morgan fingerprint density at radius 2 is 1.82 bits per heavy atom. The molecule has 1 N–H and O–H groups in total. The van der Waals surface area contributed by atoms with Crippen LogP contribution in [0, 0.1) is 5.82 Å². The number of halogens is 2. The van der Waals surface area contributed by atoms with E-state index < -0.39 is 12.1 Å². The maximum atomic E-state index is 13.2. The molecule has 33 heavy (non-hydrogen) atoms. The lowest BCUT2D eigenvalue weighted by Crippen LogP contribution is -2.58. The van der Waals surface area contributed by atoms with Gasteiger partial charge >= 0.3 is 5.97 Å². The second-order valence-corrected chi connectivity index (χ2v) is 8.71. The molecule has 0 spiro atoms. The quantitative estimate of drug-likeness (QED) is 0.621. The van der Waals surface area contributed by atoms with E-state index in [0.29, 0.717) is 24.7 Å². The van der Waals surface area contributed by atoms with Crippen molar-refractivity contribution in [1.82, 2.24) is 9.80 Å². The van der Waals surface area contributed by atoms with E-state index >= 15 is 0 Å². The smallest absolute Gasteiger partial charge is 0.344 e. The predicted molar refractivity (Wildman–Crippen MR) is 122 cm³/mol. The molecule has 1 aliphatic rings. The van der Waals surface area contributed by atoms with Gasteiger partial charge in [0, 0.05) is 42.8 Å². The van der Waals surface area contributed by atoms with Crippen molar-refractivity contribution in [3.63, 3.8) is 0 Å². The molecule has 0 aromatic heterocycles. The molecule has 2 aromatic carbocycles. The van der Waals surface area contributed by atoms with Crippen LogP contribution in [0.4, 0.5) is 4.39 Å². The molecule has 1 amide bonds. The summed E-state index contributed by atoms with van der Waals surface area (Å²) in [6.07, 6.45) is -1.10. The Morgan fingerprint density at radius 1 is 1.12 bits per heavy atom. The number of aliphatic carboxylic acids is 1. The minimum atomic E-state index is -1.13. The highest BCUT2D eigenvalue weighted by atomic mass is 35.5. The number of piperazine rings is 1. The van der Waals surface area contributed by atoms with Crippen LogP contribution in [0.2, 0.25) is 5.02 Å². The largest absolute Gasteiger partial charge is 0.480 e. The van der Waals surface area contributed by atoms with Crippen molar-refractivity contribution in [3.05, 3.63) is 58.9 Å². The number of carbonyl (C=O) groups is 2. The third kappa shape index (κ3) is 6.58. The fraction of sp³-hybridized carbons (Fsp3) is 0.417. The fourth-order valence-corrected chi connectivity index (χ4v) is 3.91. The van der Waals surface area contributed by atoms with Gasteiger partial charge in [-0.2, -0.15) is 0 Å². The van der Waals surface area contributed by atoms with Crippen LogP contribution in [-0.4, -0.2) is 64.7 Å². The summed E-state index contributed by atoms with van der Waals surface area (Å²) in [4.78, 5) is 28.1.